The van der Waals surface area contributed by atoms with E-state index in [-0.39, 0.29) is 17.5 Å². The maximum Gasteiger partial charge on any atom is 0.321 e. The highest BCUT2D eigenvalue weighted by Crippen LogP contribution is 2.30. The van der Waals surface area contributed by atoms with Gasteiger partial charge in [-0.05, 0) is 37.1 Å². The second-order valence-corrected chi connectivity index (χ2v) is 8.29. The number of carbonyl (C=O) groups is 1. The van der Waals surface area contributed by atoms with Crippen molar-refractivity contribution in [2.24, 2.45) is 0 Å². The summed E-state index contributed by atoms with van der Waals surface area (Å²) < 4.78 is 1.92. The van der Waals surface area contributed by atoms with Crippen molar-refractivity contribution in [3.05, 3.63) is 52.2 Å². The molecule has 3 heterocycles. The maximum absolute atomic E-state index is 12.6. The number of H-pyrrole nitrogens is 1. The van der Waals surface area contributed by atoms with E-state index in [4.69, 9.17) is 10.2 Å². The van der Waals surface area contributed by atoms with Gasteiger partial charge < -0.3 is 15.2 Å². The van der Waals surface area contributed by atoms with Crippen molar-refractivity contribution in [3.8, 4) is 6.07 Å². The summed E-state index contributed by atoms with van der Waals surface area (Å²) in [6, 6.07) is 8.86. The van der Waals surface area contributed by atoms with E-state index in [1.807, 2.05) is 4.68 Å². The average Bonchev–Trinajstić information content (AvgIpc) is 3.18. The van der Waals surface area contributed by atoms with Gasteiger partial charge in [-0.25, -0.2) is 14.5 Å². The first-order valence-corrected chi connectivity index (χ1v) is 10.7. The normalized spacial score (nSPS) is 17.3. The Hall–Kier alpha value is -3.67. The Bertz CT molecular complexity index is 1210. The fraction of sp³-hybridized carbons (Fsp3) is 0.409. The molecule has 0 radical (unpaired) electrons. The summed E-state index contributed by atoms with van der Waals surface area (Å²) in [6.07, 6.45) is 7.33. The Morgan fingerprint density at radius 2 is 1.90 bits per heavy atom. The van der Waals surface area contributed by atoms with Crippen LogP contribution >= 0.6 is 0 Å². The third-order valence-corrected chi connectivity index (χ3v) is 6.22. The molecule has 0 atom stereocenters. The number of nitrogens with one attached hydrogen (secondary N) is 2. The lowest BCUT2D eigenvalue weighted by molar-refractivity contribution is 0.161. The van der Waals surface area contributed by atoms with Gasteiger partial charge in [0.2, 0.25) is 0 Å². The van der Waals surface area contributed by atoms with Crippen molar-refractivity contribution in [2.75, 3.05) is 18.4 Å². The first kappa shape index (κ1) is 19.3. The Morgan fingerprint density at radius 3 is 2.61 bits per heavy atom. The molecule has 1 aliphatic carbocycles. The molecule has 9 heteroatoms. The van der Waals surface area contributed by atoms with E-state index in [9.17, 15) is 9.59 Å². The minimum atomic E-state index is -0.211. The largest absolute Gasteiger partial charge is 0.323 e. The molecule has 9 nitrogen and oxygen atoms in total. The number of aromatic amines is 1. The number of hydrogen-bond donors (Lipinski definition) is 2. The van der Waals surface area contributed by atoms with Crippen LogP contribution in [0.25, 0.3) is 11.0 Å². The summed E-state index contributed by atoms with van der Waals surface area (Å²) >= 11 is 0. The van der Waals surface area contributed by atoms with Crippen molar-refractivity contribution >= 4 is 22.8 Å². The number of hydrogen-bond acceptors (Lipinski definition) is 5. The summed E-state index contributed by atoms with van der Waals surface area (Å²) in [5.74, 6) is 0.594. The lowest BCUT2D eigenvalue weighted by Crippen LogP contribution is -2.51. The van der Waals surface area contributed by atoms with Crippen molar-refractivity contribution in [3.63, 3.8) is 0 Å². The van der Waals surface area contributed by atoms with Gasteiger partial charge in [-0.3, -0.25) is 4.79 Å². The SMILES string of the molecule is N#Cc1ccc(NC(=O)N2CC(c3nc4c(cnn4C4CCCCC4)c(=O)[nH]3)C2)cc1. The average molecular weight is 417 g/mol. The number of nitrogens with zero attached hydrogens (tertiary/aromatic N) is 5. The molecule has 158 valence electrons. The molecule has 2 aliphatic rings. The van der Waals surface area contributed by atoms with E-state index in [1.54, 1.807) is 35.4 Å². The number of anilines is 1. The van der Waals surface area contributed by atoms with E-state index in [1.165, 1.54) is 19.3 Å². The van der Waals surface area contributed by atoms with E-state index in [0.29, 0.717) is 47.2 Å². The molecule has 1 saturated heterocycles. The smallest absolute Gasteiger partial charge is 0.321 e. The fourth-order valence-corrected chi connectivity index (χ4v) is 4.39. The number of aromatic nitrogens is 4. The van der Waals surface area contributed by atoms with Crippen LogP contribution in [0.15, 0.2) is 35.3 Å². The molecule has 0 unspecified atom stereocenters. The summed E-state index contributed by atoms with van der Waals surface area (Å²) in [5, 5.41) is 16.7. The van der Waals surface area contributed by atoms with Gasteiger partial charge in [0.25, 0.3) is 5.56 Å². The molecule has 1 saturated carbocycles. The standard InChI is InChI=1S/C22H23N7O2/c23-10-14-6-8-16(9-7-14)25-22(31)28-12-15(13-28)19-26-20-18(21(30)27-19)11-24-29(20)17-4-2-1-3-5-17/h6-9,11,15,17H,1-5,12-13H2,(H,25,31)(H,26,27,30). The molecule has 31 heavy (non-hydrogen) atoms. The van der Waals surface area contributed by atoms with Gasteiger partial charge in [-0.1, -0.05) is 19.3 Å². The molecule has 0 spiro atoms. The number of carbonyl (C=O) groups excluding carboxylic acids is 1. The Morgan fingerprint density at radius 1 is 1.16 bits per heavy atom. The third kappa shape index (κ3) is 3.65. The van der Waals surface area contributed by atoms with E-state index in [0.717, 1.165) is 12.8 Å². The van der Waals surface area contributed by atoms with Crippen LogP contribution in [0.1, 0.15) is 55.5 Å². The highest BCUT2D eigenvalue weighted by Gasteiger charge is 2.34. The molecule has 2 fully saturated rings. The first-order chi connectivity index (χ1) is 15.1. The summed E-state index contributed by atoms with van der Waals surface area (Å²) in [5.41, 5.74) is 1.64. The number of fused-ring (bicyclic) bond motifs is 1. The summed E-state index contributed by atoms with van der Waals surface area (Å²) in [6.45, 7) is 0.961. The summed E-state index contributed by atoms with van der Waals surface area (Å²) in [7, 11) is 0. The van der Waals surface area contributed by atoms with Crippen molar-refractivity contribution in [1.82, 2.24) is 24.6 Å². The second-order valence-electron chi connectivity index (χ2n) is 8.29. The van der Waals surface area contributed by atoms with Crippen molar-refractivity contribution < 1.29 is 4.79 Å². The Kier molecular flexibility index (Phi) is 4.90. The molecule has 1 aliphatic heterocycles. The summed E-state index contributed by atoms with van der Waals surface area (Å²) in [4.78, 5) is 34.4. The maximum atomic E-state index is 12.6. The van der Waals surface area contributed by atoms with Crippen LogP contribution in [0, 0.1) is 11.3 Å². The van der Waals surface area contributed by atoms with Gasteiger partial charge in [0, 0.05) is 18.8 Å². The molecular formula is C22H23N7O2. The zero-order valence-corrected chi connectivity index (χ0v) is 17.0. The quantitative estimate of drug-likeness (QED) is 0.678. The Balaban J connectivity index is 1.29. The van der Waals surface area contributed by atoms with Gasteiger partial charge >= 0.3 is 6.03 Å². The van der Waals surface area contributed by atoms with Gasteiger partial charge in [0.05, 0.1) is 29.8 Å². The number of rotatable bonds is 3. The highest BCUT2D eigenvalue weighted by atomic mass is 16.2. The van der Waals surface area contributed by atoms with Crippen LogP contribution in [0.4, 0.5) is 10.5 Å². The predicted molar refractivity (Wildman–Crippen MR) is 115 cm³/mol. The lowest BCUT2D eigenvalue weighted by atomic mass is 9.96. The highest BCUT2D eigenvalue weighted by molar-refractivity contribution is 5.90. The minimum absolute atomic E-state index is 0.0153. The van der Waals surface area contributed by atoms with Crippen LogP contribution in [0.2, 0.25) is 0 Å². The molecule has 2 aromatic heterocycles. The molecule has 1 aromatic carbocycles. The van der Waals surface area contributed by atoms with Gasteiger partial charge in [-0.15, -0.1) is 0 Å². The second kappa shape index (κ2) is 7.87. The van der Waals surface area contributed by atoms with Gasteiger partial charge in [0.1, 0.15) is 11.2 Å². The zero-order valence-electron chi connectivity index (χ0n) is 17.0. The third-order valence-electron chi connectivity index (χ3n) is 6.22. The minimum Gasteiger partial charge on any atom is -0.323 e. The molecule has 2 N–H and O–H groups in total. The molecule has 0 bridgehead atoms. The van der Waals surface area contributed by atoms with Crippen LogP contribution in [0.5, 0.6) is 0 Å². The zero-order chi connectivity index (χ0) is 21.4. The molecule has 5 rings (SSSR count). The fourth-order valence-electron chi connectivity index (χ4n) is 4.39. The van der Waals surface area contributed by atoms with Crippen LogP contribution < -0.4 is 10.9 Å². The Labute approximate surface area is 178 Å². The number of amides is 2. The molecule has 2 amide bonds. The van der Waals surface area contributed by atoms with Gasteiger partial charge in [0.15, 0.2) is 5.65 Å². The van der Waals surface area contributed by atoms with Crippen molar-refractivity contribution in [2.45, 2.75) is 44.1 Å². The molecular weight excluding hydrogens is 394 g/mol. The number of urea groups is 1. The number of nitriles is 1. The number of likely N-dealkylation sites (tertiary alicyclic amines) is 1. The van der Waals surface area contributed by atoms with Crippen LogP contribution in [0.3, 0.4) is 0 Å². The monoisotopic (exact) mass is 417 g/mol. The van der Waals surface area contributed by atoms with Gasteiger partial charge in [-0.2, -0.15) is 10.4 Å². The topological polar surface area (TPSA) is 120 Å². The van der Waals surface area contributed by atoms with Crippen molar-refractivity contribution in [1.29, 1.82) is 5.26 Å². The predicted octanol–water partition coefficient (Wildman–Crippen LogP) is 3.13. The van der Waals surface area contributed by atoms with Crippen LogP contribution in [-0.4, -0.2) is 43.8 Å². The van der Waals surface area contributed by atoms with E-state index in [2.05, 4.69) is 21.5 Å². The first-order valence-electron chi connectivity index (χ1n) is 10.7. The van der Waals surface area contributed by atoms with Crippen LogP contribution in [-0.2, 0) is 0 Å². The molecule has 3 aromatic rings. The van der Waals surface area contributed by atoms with E-state index >= 15 is 0 Å². The van der Waals surface area contributed by atoms with E-state index < -0.39 is 0 Å². The number of benzene rings is 1. The lowest BCUT2D eigenvalue weighted by Gasteiger charge is -2.38.